The summed E-state index contributed by atoms with van der Waals surface area (Å²) in [6, 6.07) is 8.07. The molecule has 1 aromatic heterocycles. The van der Waals surface area contributed by atoms with E-state index in [0.29, 0.717) is 11.1 Å². The molecule has 4 heteroatoms. The molecule has 1 heterocycles. The number of Topliss-reactive ketones (excluding diaryl/α,β-unsaturated/α-hetero) is 1. The lowest BCUT2D eigenvalue weighted by Gasteiger charge is -2.16. The fourth-order valence-electron chi connectivity index (χ4n) is 2.06. The predicted octanol–water partition coefficient (Wildman–Crippen LogP) is 2.52. The molecule has 1 aromatic carbocycles. The first-order chi connectivity index (χ1) is 8.59. The molecule has 3 nitrogen and oxygen atoms in total. The van der Waals surface area contributed by atoms with Crippen LogP contribution in [0.25, 0.3) is 16.3 Å². The number of benzene rings is 1. The van der Waals surface area contributed by atoms with Crippen molar-refractivity contribution >= 4 is 33.4 Å². The molecule has 0 aliphatic heterocycles. The molecule has 1 aliphatic carbocycles. The van der Waals surface area contributed by atoms with Crippen molar-refractivity contribution in [3.05, 3.63) is 46.2 Å². The Morgan fingerprint density at radius 2 is 2.06 bits per heavy atom. The van der Waals surface area contributed by atoms with Crippen molar-refractivity contribution in [2.45, 2.75) is 6.92 Å². The number of aliphatic hydroxyl groups is 1. The molecule has 0 spiro atoms. The Hall–Kier alpha value is -1.94. The zero-order chi connectivity index (χ0) is 12.9. The van der Waals surface area contributed by atoms with Crippen molar-refractivity contribution < 1.29 is 14.5 Å². The van der Waals surface area contributed by atoms with Crippen LogP contribution in [0, 0.1) is 0 Å². The summed E-state index contributed by atoms with van der Waals surface area (Å²) in [6.45, 7) is 1.64. The monoisotopic (exact) mass is 258 g/mol. The molecule has 0 unspecified atom stereocenters. The summed E-state index contributed by atoms with van der Waals surface area (Å²) in [4.78, 5) is 11.6. The molecular formula is C14H12NO2S+. The summed E-state index contributed by atoms with van der Waals surface area (Å²) in [5.41, 5.74) is 1.99. The first-order valence-corrected chi connectivity index (χ1v) is 6.45. The molecule has 0 fully saturated rings. The molecule has 1 N–H and O–H groups in total. The van der Waals surface area contributed by atoms with Crippen LogP contribution in [-0.2, 0) is 11.8 Å². The highest BCUT2D eigenvalue weighted by Crippen LogP contribution is 2.30. The zero-order valence-corrected chi connectivity index (χ0v) is 10.9. The number of fused-ring (bicyclic) bond motifs is 1. The molecule has 90 valence electrons. The third kappa shape index (κ3) is 1.42. The van der Waals surface area contributed by atoms with Gasteiger partial charge in [-0.3, -0.25) is 4.79 Å². The number of carbonyl (C=O) groups excluding carboxylic acids is 1. The van der Waals surface area contributed by atoms with E-state index in [4.69, 9.17) is 0 Å². The predicted molar refractivity (Wildman–Crippen MR) is 71.3 cm³/mol. The molecule has 3 rings (SSSR count). The van der Waals surface area contributed by atoms with E-state index >= 15 is 0 Å². The summed E-state index contributed by atoms with van der Waals surface area (Å²) in [7, 11) is 1.96. The Labute approximate surface area is 108 Å². The summed E-state index contributed by atoms with van der Waals surface area (Å²) in [6.07, 6.45) is 1.76. The van der Waals surface area contributed by atoms with Gasteiger partial charge in [0.05, 0.1) is 5.57 Å². The Kier molecular flexibility index (Phi) is 2.35. The number of allylic oxidation sites excluding steroid dienone is 2. The van der Waals surface area contributed by atoms with Gasteiger partial charge in [0.2, 0.25) is 5.52 Å². The molecule has 2 aromatic rings. The quantitative estimate of drug-likeness (QED) is 0.631. The van der Waals surface area contributed by atoms with Crippen molar-refractivity contribution in [2.75, 3.05) is 0 Å². The van der Waals surface area contributed by atoms with Gasteiger partial charge >= 0.3 is 0 Å². The van der Waals surface area contributed by atoms with Crippen LogP contribution in [0.3, 0.4) is 0 Å². The second kappa shape index (κ2) is 3.78. The molecule has 0 atom stereocenters. The summed E-state index contributed by atoms with van der Waals surface area (Å²) in [5, 5.41) is 10.6. The van der Waals surface area contributed by atoms with Gasteiger partial charge in [-0.1, -0.05) is 23.5 Å². The molecule has 0 amide bonds. The SMILES string of the molecule is CC1=C(O)/C(=C\c2sc3ccccc3[n+]2C)C1=O. The van der Waals surface area contributed by atoms with Gasteiger partial charge in [-0.15, -0.1) is 0 Å². The zero-order valence-electron chi connectivity index (χ0n) is 10.1. The summed E-state index contributed by atoms with van der Waals surface area (Å²) >= 11 is 1.61. The van der Waals surface area contributed by atoms with Gasteiger partial charge in [-0.25, -0.2) is 0 Å². The largest absolute Gasteiger partial charge is 0.507 e. The summed E-state index contributed by atoms with van der Waals surface area (Å²) in [5.74, 6) is 0.0578. The standard InChI is InChI=1S/C14H11NO2S/c1-8-13(16)9(14(8)17)7-12-15(2)10-5-3-4-6-11(10)18-12/h3-7H,1-2H3/p+1. The lowest BCUT2D eigenvalue weighted by atomic mass is 9.89. The number of aliphatic hydroxyl groups excluding tert-OH is 1. The average molecular weight is 258 g/mol. The fraction of sp³-hybridized carbons (Fsp3) is 0.143. The van der Waals surface area contributed by atoms with Gasteiger partial charge in [-0.05, 0) is 13.0 Å². The van der Waals surface area contributed by atoms with E-state index in [2.05, 4.69) is 0 Å². The Morgan fingerprint density at radius 3 is 2.72 bits per heavy atom. The maximum atomic E-state index is 11.6. The molecule has 1 aliphatic rings. The fourth-order valence-corrected chi connectivity index (χ4v) is 3.15. The maximum Gasteiger partial charge on any atom is 0.263 e. The number of carbonyl (C=O) groups is 1. The summed E-state index contributed by atoms with van der Waals surface area (Å²) < 4.78 is 3.19. The van der Waals surface area contributed by atoms with E-state index in [0.717, 1.165) is 10.5 Å². The smallest absolute Gasteiger partial charge is 0.263 e. The normalized spacial score (nSPS) is 17.7. The highest BCUT2D eigenvalue weighted by molar-refractivity contribution is 7.18. The van der Waals surface area contributed by atoms with Crippen molar-refractivity contribution in [3.8, 4) is 0 Å². The maximum absolute atomic E-state index is 11.6. The number of rotatable bonds is 1. The highest BCUT2D eigenvalue weighted by atomic mass is 32.1. The highest BCUT2D eigenvalue weighted by Gasteiger charge is 2.31. The number of thiazole rings is 1. The Balaban J connectivity index is 2.15. The van der Waals surface area contributed by atoms with E-state index < -0.39 is 0 Å². The van der Waals surface area contributed by atoms with Crippen LogP contribution in [0.4, 0.5) is 0 Å². The second-order valence-corrected chi connectivity index (χ2v) is 5.39. The van der Waals surface area contributed by atoms with Gasteiger partial charge in [0.15, 0.2) is 5.78 Å². The van der Waals surface area contributed by atoms with E-state index in [-0.39, 0.29) is 11.5 Å². The third-order valence-corrected chi connectivity index (χ3v) is 4.40. The number of para-hydroxylation sites is 1. The number of hydrogen-bond acceptors (Lipinski definition) is 3. The van der Waals surface area contributed by atoms with E-state index in [1.54, 1.807) is 24.3 Å². The minimum absolute atomic E-state index is 0.0649. The van der Waals surface area contributed by atoms with Crippen molar-refractivity contribution in [3.63, 3.8) is 0 Å². The topological polar surface area (TPSA) is 41.2 Å². The first kappa shape index (κ1) is 11.2. The number of hydrogen-bond donors (Lipinski definition) is 1. The number of aromatic nitrogens is 1. The van der Waals surface area contributed by atoms with Crippen LogP contribution in [-0.4, -0.2) is 10.9 Å². The molecular weight excluding hydrogens is 246 g/mol. The number of aryl methyl sites for hydroxylation is 1. The van der Waals surface area contributed by atoms with Gasteiger partial charge in [-0.2, -0.15) is 4.57 Å². The van der Waals surface area contributed by atoms with Gasteiger partial charge in [0.1, 0.15) is 17.5 Å². The minimum atomic E-state index is -0.0649. The molecule has 18 heavy (non-hydrogen) atoms. The molecule has 0 radical (unpaired) electrons. The molecule has 0 bridgehead atoms. The molecule has 0 saturated heterocycles. The first-order valence-electron chi connectivity index (χ1n) is 5.64. The van der Waals surface area contributed by atoms with Crippen molar-refractivity contribution in [1.29, 1.82) is 0 Å². The van der Waals surface area contributed by atoms with Crippen LogP contribution in [0.1, 0.15) is 11.9 Å². The minimum Gasteiger partial charge on any atom is -0.507 e. The van der Waals surface area contributed by atoms with Crippen LogP contribution >= 0.6 is 11.3 Å². The van der Waals surface area contributed by atoms with Crippen molar-refractivity contribution in [1.82, 2.24) is 0 Å². The van der Waals surface area contributed by atoms with E-state index in [1.165, 1.54) is 4.70 Å². The third-order valence-electron chi connectivity index (χ3n) is 3.24. The molecule has 0 saturated carbocycles. The number of ketones is 1. The van der Waals surface area contributed by atoms with Crippen LogP contribution < -0.4 is 4.57 Å². The van der Waals surface area contributed by atoms with Crippen LogP contribution in [0.2, 0.25) is 0 Å². The lowest BCUT2D eigenvalue weighted by molar-refractivity contribution is -0.642. The Bertz CT molecular complexity index is 737. The number of nitrogens with zero attached hydrogens (tertiary/aromatic N) is 1. The van der Waals surface area contributed by atoms with E-state index in [9.17, 15) is 9.90 Å². The Morgan fingerprint density at radius 1 is 1.33 bits per heavy atom. The average Bonchev–Trinajstić information content (AvgIpc) is 2.72. The van der Waals surface area contributed by atoms with Crippen LogP contribution in [0.5, 0.6) is 0 Å². The van der Waals surface area contributed by atoms with Crippen molar-refractivity contribution in [2.24, 2.45) is 7.05 Å². The van der Waals surface area contributed by atoms with E-state index in [1.807, 2.05) is 35.9 Å². The van der Waals surface area contributed by atoms with Crippen LogP contribution in [0.15, 0.2) is 41.2 Å². The lowest BCUT2D eigenvalue weighted by Crippen LogP contribution is -2.30. The second-order valence-electron chi connectivity index (χ2n) is 4.33. The van der Waals surface area contributed by atoms with Gasteiger partial charge < -0.3 is 5.11 Å². The van der Waals surface area contributed by atoms with Gasteiger partial charge in [0, 0.05) is 17.7 Å². The van der Waals surface area contributed by atoms with Gasteiger partial charge in [0.25, 0.3) is 5.01 Å².